The molecular weight excluding hydrogens is 440 g/mol. The van der Waals surface area contributed by atoms with Gasteiger partial charge < -0.3 is 14.2 Å². The lowest BCUT2D eigenvalue weighted by atomic mass is 10.1. The minimum atomic E-state index is -0.600. The fraction of sp³-hybridized carbons (Fsp3) is 0.286. The summed E-state index contributed by atoms with van der Waals surface area (Å²) < 4.78 is 18.7. The molecule has 0 amide bonds. The average Bonchev–Trinajstić information content (AvgIpc) is 2.72. The second-order valence-electron chi connectivity index (χ2n) is 6.90. The van der Waals surface area contributed by atoms with Gasteiger partial charge in [0.2, 0.25) is 0 Å². The molecule has 150 valence electrons. The van der Waals surface area contributed by atoms with Crippen LogP contribution in [0.1, 0.15) is 35.9 Å². The fourth-order valence-electron chi connectivity index (χ4n) is 3.14. The number of carbonyl (C=O) groups is 1. The van der Waals surface area contributed by atoms with Crippen LogP contribution >= 0.6 is 15.9 Å². The molecule has 0 fully saturated rings. The number of hydrogen-bond acceptors (Lipinski definition) is 6. The number of benzene rings is 2. The molecule has 8 heteroatoms. The summed E-state index contributed by atoms with van der Waals surface area (Å²) in [5.74, 6) is 0.662. The Labute approximate surface area is 175 Å². The number of ether oxygens (including phenoxy) is 3. The van der Waals surface area contributed by atoms with Gasteiger partial charge in [0.05, 0.1) is 11.4 Å². The van der Waals surface area contributed by atoms with Crippen molar-refractivity contribution in [3.8, 4) is 11.5 Å². The maximum absolute atomic E-state index is 12.8. The van der Waals surface area contributed by atoms with E-state index in [1.54, 1.807) is 36.4 Å². The van der Waals surface area contributed by atoms with E-state index in [2.05, 4.69) is 21.0 Å². The first kappa shape index (κ1) is 19.4. The summed E-state index contributed by atoms with van der Waals surface area (Å²) >= 11 is 3.47. The van der Waals surface area contributed by atoms with E-state index in [0.717, 1.165) is 10.0 Å². The van der Waals surface area contributed by atoms with Gasteiger partial charge in [-0.1, -0.05) is 34.1 Å². The smallest absolute Gasteiger partial charge is 0.359 e. The molecule has 1 aliphatic heterocycles. The molecule has 0 bridgehead atoms. The second kappa shape index (κ2) is 7.87. The molecule has 0 saturated heterocycles. The van der Waals surface area contributed by atoms with E-state index in [-0.39, 0.29) is 23.9 Å². The highest BCUT2D eigenvalue weighted by atomic mass is 79.9. The molecule has 3 aromatic rings. The highest BCUT2D eigenvalue weighted by Crippen LogP contribution is 2.35. The Bertz CT molecular complexity index is 1160. The van der Waals surface area contributed by atoms with Crippen molar-refractivity contribution in [3.63, 3.8) is 0 Å². The fourth-order valence-corrected chi connectivity index (χ4v) is 3.57. The van der Waals surface area contributed by atoms with Crippen molar-refractivity contribution >= 4 is 32.7 Å². The van der Waals surface area contributed by atoms with Gasteiger partial charge in [0, 0.05) is 15.4 Å². The average molecular weight is 459 g/mol. The van der Waals surface area contributed by atoms with Crippen molar-refractivity contribution in [2.75, 3.05) is 13.2 Å². The van der Waals surface area contributed by atoms with Crippen LogP contribution in [-0.2, 0) is 11.3 Å². The summed E-state index contributed by atoms with van der Waals surface area (Å²) in [6, 6.07) is 10.3. The monoisotopic (exact) mass is 458 g/mol. The summed E-state index contributed by atoms with van der Waals surface area (Å²) in [4.78, 5) is 25.5. The summed E-state index contributed by atoms with van der Waals surface area (Å²) in [6.07, 6.45) is 0. The highest BCUT2D eigenvalue weighted by molar-refractivity contribution is 9.10. The molecule has 0 aliphatic carbocycles. The maximum atomic E-state index is 12.8. The van der Waals surface area contributed by atoms with E-state index < -0.39 is 5.97 Å². The summed E-state index contributed by atoms with van der Waals surface area (Å²) in [6.45, 7) is 4.67. The molecule has 29 heavy (non-hydrogen) atoms. The van der Waals surface area contributed by atoms with Gasteiger partial charge in [0.25, 0.3) is 5.56 Å². The zero-order chi connectivity index (χ0) is 20.5. The molecule has 1 aliphatic rings. The lowest BCUT2D eigenvalue weighted by Crippen LogP contribution is -2.27. The van der Waals surface area contributed by atoms with Crippen LogP contribution in [0, 0.1) is 0 Å². The summed E-state index contributed by atoms with van der Waals surface area (Å²) in [5, 5.41) is 5.18. The van der Waals surface area contributed by atoms with Crippen LogP contribution in [0.2, 0.25) is 0 Å². The van der Waals surface area contributed by atoms with Crippen molar-refractivity contribution < 1.29 is 19.0 Å². The summed E-state index contributed by atoms with van der Waals surface area (Å²) in [7, 11) is 0. The normalized spacial score (nSPS) is 13.0. The zero-order valence-corrected chi connectivity index (χ0v) is 17.6. The standard InChI is InChI=1S/C21H19BrN2O5/c1-12(2)24-20(25)15-6-4-3-5-14(15)19(23-24)21(26)29-11-13-9-17-18(10-16(13)22)28-8-7-27-17/h3-6,9-10,12H,7-8,11H2,1-2H3. The van der Waals surface area contributed by atoms with Crippen molar-refractivity contribution in [1.29, 1.82) is 0 Å². The number of esters is 1. The molecule has 0 unspecified atom stereocenters. The molecule has 0 atom stereocenters. The minimum absolute atomic E-state index is 0.0207. The first-order valence-corrected chi connectivity index (χ1v) is 10.0. The van der Waals surface area contributed by atoms with Crippen LogP contribution in [0.5, 0.6) is 11.5 Å². The van der Waals surface area contributed by atoms with Crippen molar-refractivity contribution in [3.05, 3.63) is 62.5 Å². The van der Waals surface area contributed by atoms with Gasteiger partial charge in [-0.2, -0.15) is 5.10 Å². The first-order chi connectivity index (χ1) is 14.0. The Morgan fingerprint density at radius 1 is 1.17 bits per heavy atom. The number of hydrogen-bond donors (Lipinski definition) is 0. The maximum Gasteiger partial charge on any atom is 0.359 e. The van der Waals surface area contributed by atoms with Crippen LogP contribution < -0.4 is 15.0 Å². The lowest BCUT2D eigenvalue weighted by Gasteiger charge is -2.20. The van der Waals surface area contributed by atoms with E-state index in [1.165, 1.54) is 4.68 Å². The third-order valence-corrected chi connectivity index (χ3v) is 5.32. The number of fused-ring (bicyclic) bond motifs is 2. The van der Waals surface area contributed by atoms with Gasteiger partial charge >= 0.3 is 5.97 Å². The van der Waals surface area contributed by atoms with Gasteiger partial charge in [-0.15, -0.1) is 0 Å². The number of carbonyl (C=O) groups excluding carboxylic acids is 1. The van der Waals surface area contributed by atoms with Crippen LogP contribution in [-0.4, -0.2) is 29.0 Å². The molecule has 1 aromatic heterocycles. The van der Waals surface area contributed by atoms with Gasteiger partial charge in [-0.3, -0.25) is 4.79 Å². The van der Waals surface area contributed by atoms with Crippen molar-refractivity contribution in [2.45, 2.75) is 26.5 Å². The topological polar surface area (TPSA) is 79.7 Å². The van der Waals surface area contributed by atoms with Crippen molar-refractivity contribution in [2.24, 2.45) is 0 Å². The lowest BCUT2D eigenvalue weighted by molar-refractivity contribution is 0.0463. The molecule has 0 N–H and O–H groups in total. The molecule has 0 spiro atoms. The second-order valence-corrected chi connectivity index (χ2v) is 7.76. The van der Waals surface area contributed by atoms with Gasteiger partial charge in [0.15, 0.2) is 17.2 Å². The van der Waals surface area contributed by atoms with E-state index in [4.69, 9.17) is 14.2 Å². The molecule has 2 aromatic carbocycles. The molecule has 0 radical (unpaired) electrons. The number of rotatable bonds is 4. The Hall–Kier alpha value is -2.87. The predicted molar refractivity (Wildman–Crippen MR) is 111 cm³/mol. The third kappa shape index (κ3) is 3.72. The summed E-state index contributed by atoms with van der Waals surface area (Å²) in [5.41, 5.74) is 0.619. The number of nitrogens with zero attached hydrogens (tertiary/aromatic N) is 2. The Morgan fingerprint density at radius 2 is 1.83 bits per heavy atom. The third-order valence-electron chi connectivity index (χ3n) is 4.58. The first-order valence-electron chi connectivity index (χ1n) is 9.22. The van der Waals surface area contributed by atoms with Crippen LogP contribution in [0.15, 0.2) is 45.7 Å². The molecule has 7 nitrogen and oxygen atoms in total. The van der Waals surface area contributed by atoms with Crippen LogP contribution in [0.3, 0.4) is 0 Å². The molecule has 2 heterocycles. The SMILES string of the molecule is CC(C)n1nc(C(=O)OCc2cc3c(cc2Br)OCCO3)c2ccccc2c1=O. The largest absolute Gasteiger partial charge is 0.486 e. The van der Waals surface area contributed by atoms with E-state index in [0.29, 0.717) is 35.5 Å². The van der Waals surface area contributed by atoms with Crippen LogP contribution in [0.25, 0.3) is 10.8 Å². The van der Waals surface area contributed by atoms with Gasteiger partial charge in [-0.25, -0.2) is 9.48 Å². The quantitative estimate of drug-likeness (QED) is 0.552. The van der Waals surface area contributed by atoms with Gasteiger partial charge in [0.1, 0.15) is 19.8 Å². The van der Waals surface area contributed by atoms with E-state index >= 15 is 0 Å². The van der Waals surface area contributed by atoms with E-state index in [9.17, 15) is 9.59 Å². The van der Waals surface area contributed by atoms with Crippen LogP contribution in [0.4, 0.5) is 0 Å². The zero-order valence-electron chi connectivity index (χ0n) is 16.0. The Morgan fingerprint density at radius 3 is 2.52 bits per heavy atom. The minimum Gasteiger partial charge on any atom is -0.486 e. The van der Waals surface area contributed by atoms with Crippen molar-refractivity contribution in [1.82, 2.24) is 9.78 Å². The number of halogens is 1. The Balaban J connectivity index is 1.65. The molecule has 0 saturated carbocycles. The van der Waals surface area contributed by atoms with Gasteiger partial charge in [-0.05, 0) is 32.0 Å². The van der Waals surface area contributed by atoms with E-state index in [1.807, 2.05) is 13.8 Å². The molecular formula is C21H19BrN2O5. The Kier molecular flexibility index (Phi) is 5.27. The molecule has 4 rings (SSSR count). The highest BCUT2D eigenvalue weighted by Gasteiger charge is 2.20. The number of aromatic nitrogens is 2. The predicted octanol–water partition coefficient (Wildman–Crippen LogP) is 3.87.